The van der Waals surface area contributed by atoms with Crippen LogP contribution in [0.25, 0.3) is 0 Å². The molecular formula is C5H6ClFN2O3. The quantitative estimate of drug-likeness (QED) is 0.566. The number of amides is 3. The lowest BCUT2D eigenvalue weighted by atomic mass is 10.2. The Labute approximate surface area is 72.2 Å². The van der Waals surface area contributed by atoms with E-state index in [0.717, 1.165) is 7.11 Å². The van der Waals surface area contributed by atoms with Gasteiger partial charge in [0, 0.05) is 7.11 Å². The summed E-state index contributed by atoms with van der Waals surface area (Å²) in [6.07, 6.45) is -1.46. The third-order valence-corrected chi connectivity index (χ3v) is 1.73. The molecule has 1 saturated heterocycles. The summed E-state index contributed by atoms with van der Waals surface area (Å²) in [5, 5.41) is 0.897. The van der Waals surface area contributed by atoms with Crippen molar-refractivity contribution in [2.75, 3.05) is 7.11 Å². The second kappa shape index (κ2) is 2.87. The zero-order valence-corrected chi connectivity index (χ0v) is 6.81. The zero-order valence-electron chi connectivity index (χ0n) is 6.06. The van der Waals surface area contributed by atoms with E-state index in [-0.39, 0.29) is 0 Å². The molecule has 0 aromatic carbocycles. The summed E-state index contributed by atoms with van der Waals surface area (Å²) in [7, 11) is 1.13. The van der Waals surface area contributed by atoms with E-state index in [1.54, 1.807) is 5.32 Å². The molecule has 1 heterocycles. The van der Waals surface area contributed by atoms with E-state index < -0.39 is 23.3 Å². The minimum absolute atomic E-state index is 0.833. The number of hydrogen-bond donors (Lipinski definition) is 2. The Balaban J connectivity index is 2.85. The number of ether oxygens (including phenoxy) is 1. The molecule has 0 aliphatic carbocycles. The predicted octanol–water partition coefficient (Wildman–Crippen LogP) is -0.297. The molecule has 1 aliphatic rings. The summed E-state index contributed by atoms with van der Waals surface area (Å²) in [6.45, 7) is 0. The van der Waals surface area contributed by atoms with Crippen molar-refractivity contribution in [3.8, 4) is 0 Å². The van der Waals surface area contributed by atoms with Gasteiger partial charge in [-0.1, -0.05) is 11.6 Å². The van der Waals surface area contributed by atoms with E-state index in [9.17, 15) is 14.0 Å². The molecule has 3 amide bonds. The van der Waals surface area contributed by atoms with Gasteiger partial charge in [0.1, 0.15) is 0 Å². The Morgan fingerprint density at radius 2 is 2.25 bits per heavy atom. The Kier molecular flexibility index (Phi) is 2.20. The van der Waals surface area contributed by atoms with Gasteiger partial charge >= 0.3 is 11.2 Å². The van der Waals surface area contributed by atoms with Crippen molar-refractivity contribution in [2.24, 2.45) is 0 Å². The van der Waals surface area contributed by atoms with Crippen LogP contribution in [0.1, 0.15) is 0 Å². The standard InChI is InChI=1S/C5H6ClFN2O3/c1-12-3-5(6,7)2(10)8-4(11)9-3/h3H,1H3,(H2,8,9,10,11). The van der Waals surface area contributed by atoms with Crippen molar-refractivity contribution in [3.05, 3.63) is 0 Å². The van der Waals surface area contributed by atoms with Gasteiger partial charge in [-0.3, -0.25) is 10.1 Å². The molecule has 0 aromatic rings. The monoisotopic (exact) mass is 196 g/mol. The normalized spacial score (nSPS) is 35.8. The minimum Gasteiger partial charge on any atom is -0.356 e. The SMILES string of the molecule is COC1NC(=O)NC(=O)C1(F)Cl. The first-order chi connectivity index (χ1) is 5.48. The highest BCUT2D eigenvalue weighted by Gasteiger charge is 2.50. The molecule has 1 fully saturated rings. The highest BCUT2D eigenvalue weighted by atomic mass is 35.5. The molecule has 0 radical (unpaired) electrons. The number of alkyl halides is 2. The van der Waals surface area contributed by atoms with E-state index >= 15 is 0 Å². The fourth-order valence-electron chi connectivity index (χ4n) is 0.758. The average Bonchev–Trinajstić information content (AvgIpc) is 1.97. The van der Waals surface area contributed by atoms with E-state index in [1.807, 2.05) is 5.32 Å². The molecule has 7 heteroatoms. The smallest absolute Gasteiger partial charge is 0.323 e. The van der Waals surface area contributed by atoms with Gasteiger partial charge in [-0.2, -0.15) is 0 Å². The molecule has 2 atom stereocenters. The molecule has 2 N–H and O–H groups in total. The van der Waals surface area contributed by atoms with Crippen molar-refractivity contribution in [1.82, 2.24) is 10.6 Å². The molecule has 0 bridgehead atoms. The maximum atomic E-state index is 13.1. The first-order valence-corrected chi connectivity index (χ1v) is 3.39. The van der Waals surface area contributed by atoms with Gasteiger partial charge in [0.15, 0.2) is 6.23 Å². The maximum absolute atomic E-state index is 13.1. The predicted molar refractivity (Wildman–Crippen MR) is 37.2 cm³/mol. The Morgan fingerprint density at radius 3 is 2.75 bits per heavy atom. The number of rotatable bonds is 1. The van der Waals surface area contributed by atoms with Crippen molar-refractivity contribution >= 4 is 23.5 Å². The minimum atomic E-state index is -2.75. The number of urea groups is 1. The lowest BCUT2D eigenvalue weighted by Crippen LogP contribution is -2.65. The third-order valence-electron chi connectivity index (χ3n) is 1.36. The molecule has 0 spiro atoms. The fraction of sp³-hybridized carbons (Fsp3) is 0.600. The zero-order chi connectivity index (χ0) is 9.35. The van der Waals surface area contributed by atoms with Gasteiger partial charge < -0.3 is 10.1 Å². The number of carbonyl (C=O) groups is 2. The average molecular weight is 197 g/mol. The van der Waals surface area contributed by atoms with Crippen LogP contribution in [-0.2, 0) is 9.53 Å². The summed E-state index contributed by atoms with van der Waals surface area (Å²) in [4.78, 5) is 21.3. The van der Waals surface area contributed by atoms with Crippen molar-refractivity contribution in [2.45, 2.75) is 11.4 Å². The lowest BCUT2D eigenvalue weighted by molar-refractivity contribution is -0.137. The molecule has 0 saturated carbocycles. The van der Waals surface area contributed by atoms with Crippen molar-refractivity contribution < 1.29 is 18.7 Å². The Bertz CT molecular complexity index is 233. The highest BCUT2D eigenvalue weighted by Crippen LogP contribution is 2.24. The van der Waals surface area contributed by atoms with Crippen LogP contribution in [0.15, 0.2) is 0 Å². The summed E-state index contributed by atoms with van der Waals surface area (Å²) >= 11 is 5.14. The lowest BCUT2D eigenvalue weighted by Gasteiger charge is -2.30. The molecular weight excluding hydrogens is 191 g/mol. The molecule has 0 aromatic heterocycles. The molecule has 5 nitrogen and oxygen atoms in total. The summed E-state index contributed by atoms with van der Waals surface area (Å²) in [5.41, 5.74) is 0. The number of imide groups is 1. The second-order valence-corrected chi connectivity index (χ2v) is 2.72. The number of hydrogen-bond acceptors (Lipinski definition) is 3. The van der Waals surface area contributed by atoms with E-state index in [0.29, 0.717) is 0 Å². The van der Waals surface area contributed by atoms with Gasteiger partial charge in [-0.15, -0.1) is 0 Å². The molecule has 68 valence electrons. The summed E-state index contributed by atoms with van der Waals surface area (Å²) in [5.74, 6) is -1.22. The van der Waals surface area contributed by atoms with Crippen LogP contribution in [-0.4, -0.2) is 30.4 Å². The van der Waals surface area contributed by atoms with Crippen LogP contribution in [0, 0.1) is 0 Å². The summed E-state index contributed by atoms with van der Waals surface area (Å²) in [6, 6.07) is -0.833. The highest BCUT2D eigenvalue weighted by molar-refractivity contribution is 6.35. The van der Waals surface area contributed by atoms with Crippen molar-refractivity contribution in [3.63, 3.8) is 0 Å². The largest absolute Gasteiger partial charge is 0.356 e. The molecule has 2 unspecified atom stereocenters. The van der Waals surface area contributed by atoms with E-state index in [1.165, 1.54) is 0 Å². The first kappa shape index (κ1) is 9.21. The van der Waals surface area contributed by atoms with Gasteiger partial charge in [0.25, 0.3) is 5.91 Å². The van der Waals surface area contributed by atoms with Crippen LogP contribution in [0.4, 0.5) is 9.18 Å². The van der Waals surface area contributed by atoms with Crippen LogP contribution < -0.4 is 10.6 Å². The number of nitrogens with one attached hydrogen (secondary N) is 2. The molecule has 1 aliphatic heterocycles. The van der Waals surface area contributed by atoms with Gasteiger partial charge in [-0.25, -0.2) is 9.18 Å². The summed E-state index contributed by atoms with van der Waals surface area (Å²) < 4.78 is 17.6. The van der Waals surface area contributed by atoms with Gasteiger partial charge in [0.05, 0.1) is 0 Å². The molecule has 12 heavy (non-hydrogen) atoms. The maximum Gasteiger partial charge on any atom is 0.323 e. The topological polar surface area (TPSA) is 67.4 Å². The Hall–Kier alpha value is -0.880. The van der Waals surface area contributed by atoms with E-state index in [4.69, 9.17) is 11.6 Å². The van der Waals surface area contributed by atoms with Crippen LogP contribution >= 0.6 is 11.6 Å². The number of halogens is 2. The van der Waals surface area contributed by atoms with Crippen LogP contribution in [0.5, 0.6) is 0 Å². The van der Waals surface area contributed by atoms with Gasteiger partial charge in [0.2, 0.25) is 0 Å². The number of methoxy groups -OCH3 is 1. The fourth-order valence-corrected chi connectivity index (χ4v) is 0.949. The van der Waals surface area contributed by atoms with Crippen LogP contribution in [0.2, 0.25) is 0 Å². The van der Waals surface area contributed by atoms with Gasteiger partial charge in [-0.05, 0) is 0 Å². The number of carbonyl (C=O) groups excluding carboxylic acids is 2. The molecule has 1 rings (SSSR count). The third kappa shape index (κ3) is 1.35. The second-order valence-electron chi connectivity index (χ2n) is 2.17. The Morgan fingerprint density at radius 1 is 1.67 bits per heavy atom. The first-order valence-electron chi connectivity index (χ1n) is 3.01. The van der Waals surface area contributed by atoms with Crippen LogP contribution in [0.3, 0.4) is 0 Å². The van der Waals surface area contributed by atoms with Crippen molar-refractivity contribution in [1.29, 1.82) is 0 Å². The van der Waals surface area contributed by atoms with E-state index in [2.05, 4.69) is 4.74 Å².